The third-order valence-corrected chi connectivity index (χ3v) is 2.57. The molecular weight excluding hydrogens is 244 g/mol. The van der Waals surface area contributed by atoms with Gasteiger partial charge in [-0.15, -0.1) is 0 Å². The first-order valence-corrected chi connectivity index (χ1v) is 5.37. The summed E-state index contributed by atoms with van der Waals surface area (Å²) in [4.78, 5) is 0. The van der Waals surface area contributed by atoms with Crippen molar-refractivity contribution >= 4 is 0 Å². The Balaban J connectivity index is 3.20. The van der Waals surface area contributed by atoms with E-state index in [1.165, 1.54) is 21.3 Å². The number of rotatable bonds is 6. The molecule has 0 aliphatic carbocycles. The van der Waals surface area contributed by atoms with Gasteiger partial charge < -0.3 is 19.9 Å². The highest BCUT2D eigenvalue weighted by Gasteiger charge is 2.22. The van der Waals surface area contributed by atoms with Crippen LogP contribution in [0.1, 0.15) is 18.0 Å². The summed E-state index contributed by atoms with van der Waals surface area (Å²) in [5.41, 5.74) is 6.20. The van der Waals surface area contributed by atoms with Gasteiger partial charge in [0.25, 0.3) is 0 Å². The molecule has 0 bridgehead atoms. The second kappa shape index (κ2) is 6.39. The summed E-state index contributed by atoms with van der Waals surface area (Å²) in [7, 11) is 4.36. The van der Waals surface area contributed by atoms with Crippen LogP contribution in [0.3, 0.4) is 0 Å². The Labute approximate surface area is 105 Å². The highest BCUT2D eigenvalue weighted by atomic mass is 19.3. The molecule has 0 aromatic heterocycles. The first-order chi connectivity index (χ1) is 8.54. The van der Waals surface area contributed by atoms with E-state index in [1.54, 1.807) is 12.1 Å². The Morgan fingerprint density at radius 2 is 1.67 bits per heavy atom. The van der Waals surface area contributed by atoms with Crippen molar-refractivity contribution in [2.24, 2.45) is 5.73 Å². The highest BCUT2D eigenvalue weighted by molar-refractivity contribution is 5.56. The van der Waals surface area contributed by atoms with E-state index in [-0.39, 0.29) is 0 Å². The molecule has 2 N–H and O–H groups in total. The van der Waals surface area contributed by atoms with Crippen LogP contribution in [0, 0.1) is 0 Å². The van der Waals surface area contributed by atoms with Crippen molar-refractivity contribution in [3.05, 3.63) is 17.7 Å². The molecule has 0 saturated carbocycles. The molecule has 0 amide bonds. The quantitative estimate of drug-likeness (QED) is 0.854. The van der Waals surface area contributed by atoms with Gasteiger partial charge in [0.2, 0.25) is 12.2 Å². The van der Waals surface area contributed by atoms with Gasteiger partial charge in [-0.05, 0) is 12.1 Å². The molecule has 6 heteroatoms. The molecule has 0 heterocycles. The average molecular weight is 261 g/mol. The molecule has 0 aliphatic rings. The summed E-state index contributed by atoms with van der Waals surface area (Å²) in [6, 6.07) is 2.40. The molecule has 0 unspecified atom stereocenters. The lowest BCUT2D eigenvalue weighted by Crippen LogP contribution is -2.15. The predicted molar refractivity (Wildman–Crippen MR) is 63.6 cm³/mol. The molecule has 1 atom stereocenters. The van der Waals surface area contributed by atoms with Crippen molar-refractivity contribution in [3.63, 3.8) is 0 Å². The lowest BCUT2D eigenvalue weighted by atomic mass is 10.0. The van der Waals surface area contributed by atoms with E-state index in [2.05, 4.69) is 0 Å². The summed E-state index contributed by atoms with van der Waals surface area (Å²) in [6.07, 6.45) is -2.91. The minimum Gasteiger partial charge on any atom is -0.493 e. The van der Waals surface area contributed by atoms with Crippen LogP contribution in [0.4, 0.5) is 8.78 Å². The Hall–Kier alpha value is -1.56. The molecule has 0 radical (unpaired) electrons. The summed E-state index contributed by atoms with van der Waals surface area (Å²) in [5.74, 6) is 1.13. The molecule has 1 aromatic carbocycles. The van der Waals surface area contributed by atoms with E-state index >= 15 is 0 Å². The number of hydrogen-bond donors (Lipinski definition) is 1. The van der Waals surface area contributed by atoms with Gasteiger partial charge in [0.1, 0.15) is 0 Å². The maximum Gasteiger partial charge on any atom is 0.240 e. The summed E-state index contributed by atoms with van der Waals surface area (Å²) >= 11 is 0. The van der Waals surface area contributed by atoms with Crippen molar-refractivity contribution in [3.8, 4) is 17.2 Å². The monoisotopic (exact) mass is 261 g/mol. The number of benzene rings is 1. The zero-order valence-corrected chi connectivity index (χ0v) is 10.6. The molecule has 0 saturated heterocycles. The summed E-state index contributed by atoms with van der Waals surface area (Å²) in [6.45, 7) is 0. The molecule has 102 valence electrons. The predicted octanol–water partition coefficient (Wildman–Crippen LogP) is 2.37. The molecule has 0 aliphatic heterocycles. The van der Waals surface area contributed by atoms with E-state index in [0.717, 1.165) is 0 Å². The van der Waals surface area contributed by atoms with Gasteiger partial charge in [0.15, 0.2) is 11.5 Å². The van der Waals surface area contributed by atoms with Gasteiger partial charge >= 0.3 is 0 Å². The maximum absolute atomic E-state index is 12.4. The van der Waals surface area contributed by atoms with Gasteiger partial charge in [0.05, 0.1) is 21.3 Å². The summed E-state index contributed by atoms with van der Waals surface area (Å²) in [5, 5.41) is 0. The highest BCUT2D eigenvalue weighted by Crippen LogP contribution is 2.42. The van der Waals surface area contributed by atoms with Gasteiger partial charge in [0, 0.05) is 18.0 Å². The molecule has 0 spiro atoms. The van der Waals surface area contributed by atoms with Crippen LogP contribution in [-0.2, 0) is 0 Å². The number of ether oxygens (including phenoxy) is 3. The zero-order chi connectivity index (χ0) is 13.7. The van der Waals surface area contributed by atoms with Gasteiger partial charge in [-0.25, -0.2) is 8.78 Å². The van der Waals surface area contributed by atoms with Crippen molar-refractivity contribution < 1.29 is 23.0 Å². The Bertz CT molecular complexity index is 399. The van der Waals surface area contributed by atoms with Crippen molar-refractivity contribution in [1.82, 2.24) is 0 Å². The maximum atomic E-state index is 12.4. The van der Waals surface area contributed by atoms with E-state index in [9.17, 15) is 8.78 Å². The van der Waals surface area contributed by atoms with Gasteiger partial charge in [-0.2, -0.15) is 0 Å². The fraction of sp³-hybridized carbons (Fsp3) is 0.500. The van der Waals surface area contributed by atoms with Gasteiger partial charge in [-0.1, -0.05) is 0 Å². The number of methoxy groups -OCH3 is 3. The average Bonchev–Trinajstić information content (AvgIpc) is 2.35. The van der Waals surface area contributed by atoms with E-state index in [1.807, 2.05) is 0 Å². The first kappa shape index (κ1) is 14.5. The molecular formula is C12H17F2NO3. The molecule has 18 heavy (non-hydrogen) atoms. The van der Waals surface area contributed by atoms with Crippen LogP contribution in [-0.4, -0.2) is 27.8 Å². The molecule has 1 aromatic rings. The number of halogens is 2. The minimum absolute atomic E-state index is 0.324. The van der Waals surface area contributed by atoms with E-state index in [4.69, 9.17) is 19.9 Å². The van der Waals surface area contributed by atoms with E-state index < -0.39 is 18.9 Å². The minimum atomic E-state index is -2.47. The lowest BCUT2D eigenvalue weighted by Gasteiger charge is -2.19. The van der Waals surface area contributed by atoms with Crippen LogP contribution >= 0.6 is 0 Å². The zero-order valence-electron chi connectivity index (χ0n) is 10.6. The molecule has 1 rings (SSSR count). The molecule has 4 nitrogen and oxygen atoms in total. The van der Waals surface area contributed by atoms with E-state index in [0.29, 0.717) is 22.8 Å². The standard InChI is InChI=1S/C12H17F2NO3/c1-16-9-5-4-7(8(15)6-10(13)14)11(17-2)12(9)18-3/h4-5,8,10H,6,15H2,1-3H3/t8-/m1/s1. The summed E-state index contributed by atoms with van der Waals surface area (Å²) < 4.78 is 40.2. The third-order valence-electron chi connectivity index (χ3n) is 2.57. The first-order valence-electron chi connectivity index (χ1n) is 5.37. The number of hydrogen-bond acceptors (Lipinski definition) is 4. The van der Waals surface area contributed by atoms with Crippen molar-refractivity contribution in [2.45, 2.75) is 18.9 Å². The van der Waals surface area contributed by atoms with Crippen LogP contribution in [0.15, 0.2) is 12.1 Å². The van der Waals surface area contributed by atoms with Crippen LogP contribution in [0.5, 0.6) is 17.2 Å². The smallest absolute Gasteiger partial charge is 0.240 e. The van der Waals surface area contributed by atoms with Gasteiger partial charge in [-0.3, -0.25) is 0 Å². The molecule has 0 fully saturated rings. The Morgan fingerprint density at radius 3 is 2.11 bits per heavy atom. The fourth-order valence-corrected chi connectivity index (χ4v) is 1.74. The third kappa shape index (κ3) is 3.01. The Kier molecular flexibility index (Phi) is 5.15. The largest absolute Gasteiger partial charge is 0.493 e. The SMILES string of the molecule is COc1ccc([C@H](N)CC(F)F)c(OC)c1OC. The van der Waals surface area contributed by atoms with Crippen LogP contribution in [0.2, 0.25) is 0 Å². The number of nitrogens with two attached hydrogens (primary N) is 1. The van der Waals surface area contributed by atoms with Crippen molar-refractivity contribution in [2.75, 3.05) is 21.3 Å². The van der Waals surface area contributed by atoms with Crippen molar-refractivity contribution in [1.29, 1.82) is 0 Å². The van der Waals surface area contributed by atoms with Crippen LogP contribution in [0.25, 0.3) is 0 Å². The second-order valence-corrected chi connectivity index (χ2v) is 3.66. The normalized spacial score (nSPS) is 12.4. The fourth-order valence-electron chi connectivity index (χ4n) is 1.74. The lowest BCUT2D eigenvalue weighted by molar-refractivity contribution is 0.128. The Morgan fingerprint density at radius 1 is 1.06 bits per heavy atom. The number of alkyl halides is 2. The topological polar surface area (TPSA) is 53.7 Å². The second-order valence-electron chi connectivity index (χ2n) is 3.66. The van der Waals surface area contributed by atoms with Crippen LogP contribution < -0.4 is 19.9 Å².